The number of nitrogens with zero attached hydrogens (tertiary/aromatic N) is 1. The van der Waals surface area contributed by atoms with Crippen LogP contribution in [0, 0.1) is 22.6 Å². The van der Waals surface area contributed by atoms with Crippen molar-refractivity contribution in [1.82, 2.24) is 0 Å². The van der Waals surface area contributed by atoms with Gasteiger partial charge in [0, 0.05) is 12.2 Å². The second-order valence-corrected chi connectivity index (χ2v) is 6.61. The minimum atomic E-state index is -3.52. The van der Waals surface area contributed by atoms with Crippen molar-refractivity contribution in [3.8, 4) is 6.07 Å². The van der Waals surface area contributed by atoms with Crippen molar-refractivity contribution in [1.29, 1.82) is 5.26 Å². The summed E-state index contributed by atoms with van der Waals surface area (Å²) < 4.78 is 36.0. The number of aldehydes is 1. The third-order valence-electron chi connectivity index (χ3n) is 3.26. The summed E-state index contributed by atoms with van der Waals surface area (Å²) in [7, 11) is -3.52. The molecule has 0 unspecified atom stereocenters. The summed E-state index contributed by atoms with van der Waals surface area (Å²) in [6, 6.07) is 6.95. The first-order valence-corrected chi connectivity index (χ1v) is 7.14. The molecule has 4 nitrogen and oxygen atoms in total. The average molecular weight is 267 g/mol. The molecule has 0 aromatic heterocycles. The van der Waals surface area contributed by atoms with Gasteiger partial charge in [-0.25, -0.2) is 12.8 Å². The zero-order chi connectivity index (χ0) is 13.6. The Morgan fingerprint density at radius 1 is 1.39 bits per heavy atom. The lowest BCUT2D eigenvalue weighted by atomic mass is 10.0. The van der Waals surface area contributed by atoms with Crippen LogP contribution in [-0.2, 0) is 14.6 Å². The van der Waals surface area contributed by atoms with Crippen LogP contribution < -0.4 is 0 Å². The van der Waals surface area contributed by atoms with Gasteiger partial charge in [-0.05, 0) is 17.7 Å². The highest BCUT2D eigenvalue weighted by Crippen LogP contribution is 2.61. The van der Waals surface area contributed by atoms with Gasteiger partial charge in [0.25, 0.3) is 0 Å². The van der Waals surface area contributed by atoms with Crippen LogP contribution in [0.25, 0.3) is 0 Å². The van der Waals surface area contributed by atoms with E-state index in [2.05, 4.69) is 0 Å². The first-order chi connectivity index (χ1) is 8.36. The first-order valence-electron chi connectivity index (χ1n) is 5.18. The van der Waals surface area contributed by atoms with Gasteiger partial charge in [-0.1, -0.05) is 12.1 Å². The highest BCUT2D eigenvalue weighted by atomic mass is 32.2. The van der Waals surface area contributed by atoms with Gasteiger partial charge < -0.3 is 4.79 Å². The maximum atomic E-state index is 12.8. The largest absolute Gasteiger partial charge is 0.302 e. The topological polar surface area (TPSA) is 75.0 Å². The van der Waals surface area contributed by atoms with Gasteiger partial charge in [-0.2, -0.15) is 5.26 Å². The quantitative estimate of drug-likeness (QED) is 0.767. The molecule has 6 heteroatoms. The lowest BCUT2D eigenvalue weighted by Crippen LogP contribution is -2.14. The molecule has 3 atom stereocenters. The number of halogens is 1. The van der Waals surface area contributed by atoms with Crippen LogP contribution in [0.2, 0.25) is 0 Å². The number of sulfone groups is 1. The number of carbonyl (C=O) groups excluding carboxylic acids is 1. The average Bonchev–Trinajstić information content (AvgIpc) is 3.00. The molecular formula is C12H10FNO3S. The van der Waals surface area contributed by atoms with Gasteiger partial charge in [-0.15, -0.1) is 0 Å². The molecule has 1 fully saturated rings. The molecule has 0 radical (unpaired) electrons. The summed E-state index contributed by atoms with van der Waals surface area (Å²) >= 11 is 0. The van der Waals surface area contributed by atoms with E-state index in [9.17, 15) is 17.6 Å². The number of carbonyl (C=O) groups is 1. The third-order valence-corrected chi connectivity index (χ3v) is 4.84. The molecule has 2 rings (SSSR count). The van der Waals surface area contributed by atoms with Crippen LogP contribution in [0.4, 0.5) is 4.39 Å². The van der Waals surface area contributed by atoms with Crippen molar-refractivity contribution in [3.63, 3.8) is 0 Å². The zero-order valence-electron chi connectivity index (χ0n) is 9.50. The minimum Gasteiger partial charge on any atom is -0.302 e. The van der Waals surface area contributed by atoms with E-state index in [1.165, 1.54) is 24.3 Å². The molecule has 0 heterocycles. The molecule has 0 aliphatic heterocycles. The second kappa shape index (κ2) is 3.89. The van der Waals surface area contributed by atoms with Crippen LogP contribution >= 0.6 is 0 Å². The Kier molecular flexibility index (Phi) is 2.74. The fourth-order valence-electron chi connectivity index (χ4n) is 2.40. The van der Waals surface area contributed by atoms with Gasteiger partial charge in [0.05, 0.1) is 11.3 Å². The summed E-state index contributed by atoms with van der Waals surface area (Å²) in [5.41, 5.74) is -1.05. The summed E-state index contributed by atoms with van der Waals surface area (Å²) in [6.45, 7) is 0. The van der Waals surface area contributed by atoms with E-state index in [-0.39, 0.29) is 0 Å². The van der Waals surface area contributed by atoms with Crippen LogP contribution in [0.1, 0.15) is 11.5 Å². The number of rotatable bonds is 3. The Labute approximate surface area is 104 Å². The number of benzene rings is 1. The predicted octanol–water partition coefficient (Wildman–Crippen LogP) is 1.04. The monoisotopic (exact) mass is 267 g/mol. The van der Waals surface area contributed by atoms with E-state index in [0.717, 1.165) is 6.26 Å². The summed E-state index contributed by atoms with van der Waals surface area (Å²) in [5.74, 6) is -1.17. The van der Waals surface area contributed by atoms with Crippen LogP contribution in [-0.4, -0.2) is 26.2 Å². The van der Waals surface area contributed by atoms with Gasteiger partial charge in [0.1, 0.15) is 17.5 Å². The third kappa shape index (κ3) is 1.71. The van der Waals surface area contributed by atoms with Crippen LogP contribution in [0.15, 0.2) is 24.3 Å². The fourth-order valence-corrected chi connectivity index (χ4v) is 4.16. The normalized spacial score (nSPS) is 30.5. The molecular weight excluding hydrogens is 257 g/mol. The highest BCUT2D eigenvalue weighted by Gasteiger charge is 2.71. The van der Waals surface area contributed by atoms with E-state index in [1.54, 1.807) is 6.07 Å². The Balaban J connectivity index is 2.49. The lowest BCUT2D eigenvalue weighted by Gasteiger charge is -1.99. The SMILES string of the molecule is CS(=O)(=O)[C@@H]1[C@@H](c2ccc(F)cc2)[C@@]1(C#N)C=O. The van der Waals surface area contributed by atoms with E-state index >= 15 is 0 Å². The van der Waals surface area contributed by atoms with E-state index < -0.39 is 32.2 Å². The molecule has 1 aromatic carbocycles. The van der Waals surface area contributed by atoms with Gasteiger partial charge in [0.2, 0.25) is 0 Å². The van der Waals surface area contributed by atoms with E-state index in [1.807, 2.05) is 0 Å². The van der Waals surface area contributed by atoms with Crippen molar-refractivity contribution in [2.75, 3.05) is 6.26 Å². The molecule has 1 saturated carbocycles. The molecule has 0 amide bonds. The van der Waals surface area contributed by atoms with E-state index in [0.29, 0.717) is 11.8 Å². The van der Waals surface area contributed by atoms with Crippen LogP contribution in [0.3, 0.4) is 0 Å². The number of hydrogen-bond acceptors (Lipinski definition) is 4. The fraction of sp³-hybridized carbons (Fsp3) is 0.333. The predicted molar refractivity (Wildman–Crippen MR) is 61.9 cm³/mol. The van der Waals surface area contributed by atoms with Crippen molar-refractivity contribution >= 4 is 16.1 Å². The minimum absolute atomic E-state index is 0.382. The van der Waals surface area contributed by atoms with Crippen molar-refractivity contribution in [3.05, 3.63) is 35.6 Å². The molecule has 1 aliphatic carbocycles. The molecule has 0 spiro atoms. The first kappa shape index (κ1) is 12.7. The molecule has 1 aliphatic rings. The number of hydrogen-bond donors (Lipinski definition) is 0. The summed E-state index contributed by atoms with van der Waals surface area (Å²) in [4.78, 5) is 11.1. The smallest absolute Gasteiger partial charge is 0.153 e. The zero-order valence-corrected chi connectivity index (χ0v) is 10.3. The van der Waals surface area contributed by atoms with Gasteiger partial charge in [-0.3, -0.25) is 0 Å². The highest BCUT2D eigenvalue weighted by molar-refractivity contribution is 7.91. The van der Waals surface area contributed by atoms with E-state index in [4.69, 9.17) is 5.26 Å². The van der Waals surface area contributed by atoms with Gasteiger partial charge >= 0.3 is 0 Å². The standard InChI is InChI=1S/C12H10FNO3S/c1-18(16,17)11-10(12(11,6-14)7-15)8-2-4-9(13)5-3-8/h2-5,7,10-11H,1H3/t10-,11-,12-/m1/s1. The molecule has 0 N–H and O–H groups in total. The van der Waals surface area contributed by atoms with Gasteiger partial charge in [0.15, 0.2) is 9.84 Å². The summed E-state index contributed by atoms with van der Waals surface area (Å²) in [6.07, 6.45) is 1.38. The van der Waals surface area contributed by atoms with Crippen molar-refractivity contribution in [2.24, 2.45) is 5.41 Å². The lowest BCUT2D eigenvalue weighted by molar-refractivity contribution is -0.110. The molecule has 18 heavy (non-hydrogen) atoms. The second-order valence-electron chi connectivity index (χ2n) is 4.44. The van der Waals surface area contributed by atoms with Crippen LogP contribution in [0.5, 0.6) is 0 Å². The van der Waals surface area contributed by atoms with Crippen molar-refractivity contribution < 1.29 is 17.6 Å². The summed E-state index contributed by atoms with van der Waals surface area (Å²) in [5, 5.41) is 8.01. The Bertz CT molecular complexity index is 632. The Morgan fingerprint density at radius 3 is 2.28 bits per heavy atom. The molecule has 94 valence electrons. The Hall–Kier alpha value is -1.74. The molecule has 0 saturated heterocycles. The number of nitriles is 1. The molecule has 1 aromatic rings. The molecule has 0 bridgehead atoms. The maximum Gasteiger partial charge on any atom is 0.153 e. The maximum absolute atomic E-state index is 12.8. The van der Waals surface area contributed by atoms with Crippen molar-refractivity contribution in [2.45, 2.75) is 11.2 Å². The Morgan fingerprint density at radius 2 is 1.94 bits per heavy atom.